The van der Waals surface area contributed by atoms with Gasteiger partial charge in [0.15, 0.2) is 0 Å². The molecule has 0 atom stereocenters. The lowest BCUT2D eigenvalue weighted by Gasteiger charge is -2.30. The van der Waals surface area contributed by atoms with Gasteiger partial charge in [0.25, 0.3) is 0 Å². The average Bonchev–Trinajstić information content (AvgIpc) is 2.92. The fraction of sp³-hybridized carbons (Fsp3) is 0.652. The molecule has 0 fully saturated rings. The van der Waals surface area contributed by atoms with E-state index in [4.69, 9.17) is 14.2 Å². The van der Waals surface area contributed by atoms with Crippen LogP contribution in [0.15, 0.2) is 29.8 Å². The van der Waals surface area contributed by atoms with E-state index in [0.717, 1.165) is 50.0 Å². The van der Waals surface area contributed by atoms with Gasteiger partial charge >= 0.3 is 0 Å². The molecule has 0 spiro atoms. The predicted molar refractivity (Wildman–Crippen MR) is 108 cm³/mol. The molecule has 1 aliphatic rings. The van der Waals surface area contributed by atoms with Crippen LogP contribution in [0.25, 0.3) is 0 Å². The Morgan fingerprint density at radius 2 is 2.00 bits per heavy atom. The molecule has 0 radical (unpaired) electrons. The van der Waals surface area contributed by atoms with Gasteiger partial charge in [-0.2, -0.15) is 0 Å². The minimum Gasteiger partial charge on any atom is -0.489 e. The van der Waals surface area contributed by atoms with Crippen molar-refractivity contribution in [3.8, 4) is 11.5 Å². The fourth-order valence-corrected chi connectivity index (χ4v) is 3.72. The van der Waals surface area contributed by atoms with Crippen LogP contribution in [0.3, 0.4) is 0 Å². The van der Waals surface area contributed by atoms with Gasteiger partial charge in [0.1, 0.15) is 23.7 Å². The maximum absolute atomic E-state index is 5.97. The van der Waals surface area contributed by atoms with Crippen molar-refractivity contribution in [3.63, 3.8) is 0 Å². The Labute approximate surface area is 159 Å². The Morgan fingerprint density at radius 1 is 1.27 bits per heavy atom. The van der Waals surface area contributed by atoms with E-state index < -0.39 is 0 Å². The zero-order chi connectivity index (χ0) is 19.2. The van der Waals surface area contributed by atoms with Crippen molar-refractivity contribution in [2.24, 2.45) is 0 Å². The zero-order valence-corrected chi connectivity index (χ0v) is 17.5. The van der Waals surface area contributed by atoms with Gasteiger partial charge in [0, 0.05) is 19.6 Å². The van der Waals surface area contributed by atoms with Gasteiger partial charge in [-0.3, -0.25) is 0 Å². The Balaban J connectivity index is 1.78. The lowest BCUT2D eigenvalue weighted by Crippen LogP contribution is -2.29. The SMILES string of the molecule is CCC(CC)(CCCC(C)=CCOc1ccc2c(c1)OC(C)(C)C2)OC. The minimum atomic E-state index is -0.105. The van der Waals surface area contributed by atoms with E-state index in [1.54, 1.807) is 0 Å². The lowest BCUT2D eigenvalue weighted by molar-refractivity contribution is -0.0250. The molecule has 0 unspecified atom stereocenters. The van der Waals surface area contributed by atoms with Crippen LogP contribution in [0.2, 0.25) is 0 Å². The smallest absolute Gasteiger partial charge is 0.127 e. The third-order valence-corrected chi connectivity index (χ3v) is 5.65. The first-order valence-corrected chi connectivity index (χ1v) is 9.98. The first-order valence-electron chi connectivity index (χ1n) is 9.98. The quantitative estimate of drug-likeness (QED) is 0.472. The van der Waals surface area contributed by atoms with Crippen molar-refractivity contribution >= 4 is 0 Å². The highest BCUT2D eigenvalue weighted by molar-refractivity contribution is 5.44. The first-order chi connectivity index (χ1) is 12.3. The van der Waals surface area contributed by atoms with E-state index in [2.05, 4.69) is 46.8 Å². The summed E-state index contributed by atoms with van der Waals surface area (Å²) in [5.74, 6) is 1.84. The molecule has 0 N–H and O–H groups in total. The third kappa shape index (κ3) is 5.51. The molecule has 26 heavy (non-hydrogen) atoms. The second-order valence-corrected chi connectivity index (χ2v) is 8.12. The van der Waals surface area contributed by atoms with Gasteiger partial charge in [-0.1, -0.05) is 25.5 Å². The molecule has 0 amide bonds. The van der Waals surface area contributed by atoms with Crippen LogP contribution in [-0.4, -0.2) is 24.9 Å². The van der Waals surface area contributed by atoms with E-state index >= 15 is 0 Å². The molecule has 3 nitrogen and oxygen atoms in total. The summed E-state index contributed by atoms with van der Waals surface area (Å²) >= 11 is 0. The monoisotopic (exact) mass is 360 g/mol. The van der Waals surface area contributed by atoms with Crippen molar-refractivity contribution < 1.29 is 14.2 Å². The maximum atomic E-state index is 5.97. The molecule has 1 aliphatic heterocycles. The molecule has 0 aromatic heterocycles. The lowest BCUT2D eigenvalue weighted by atomic mass is 9.90. The number of fused-ring (bicyclic) bond motifs is 1. The van der Waals surface area contributed by atoms with Gasteiger partial charge in [-0.25, -0.2) is 0 Å². The summed E-state index contributed by atoms with van der Waals surface area (Å²) in [7, 11) is 1.84. The topological polar surface area (TPSA) is 27.7 Å². The summed E-state index contributed by atoms with van der Waals surface area (Å²) in [6.07, 6.45) is 8.65. The summed E-state index contributed by atoms with van der Waals surface area (Å²) in [5, 5.41) is 0. The van der Waals surface area contributed by atoms with Gasteiger partial charge in [-0.05, 0) is 70.6 Å². The molecule has 2 rings (SSSR count). The van der Waals surface area contributed by atoms with Crippen molar-refractivity contribution in [2.45, 2.75) is 84.3 Å². The van der Waals surface area contributed by atoms with Gasteiger partial charge in [0.2, 0.25) is 0 Å². The number of hydrogen-bond acceptors (Lipinski definition) is 3. The molecule has 0 bridgehead atoms. The standard InChI is InChI=1S/C23H36O3/c1-7-23(8-2,24-6)14-9-10-18(3)13-15-25-20-12-11-19-17-22(4,5)26-21(19)16-20/h11-13,16H,7-10,14-15,17H2,1-6H3. The van der Waals surface area contributed by atoms with E-state index in [9.17, 15) is 0 Å². The van der Waals surface area contributed by atoms with Crippen molar-refractivity contribution in [1.82, 2.24) is 0 Å². The number of rotatable bonds is 10. The van der Waals surface area contributed by atoms with Gasteiger partial charge < -0.3 is 14.2 Å². The Kier molecular flexibility index (Phi) is 7.16. The second-order valence-electron chi connectivity index (χ2n) is 8.12. The van der Waals surface area contributed by atoms with Crippen LogP contribution in [0.1, 0.15) is 72.3 Å². The highest BCUT2D eigenvalue weighted by Gasteiger charge is 2.30. The zero-order valence-electron chi connectivity index (χ0n) is 17.5. The Bertz CT molecular complexity index is 604. The number of hydrogen-bond donors (Lipinski definition) is 0. The third-order valence-electron chi connectivity index (χ3n) is 5.65. The van der Waals surface area contributed by atoms with Crippen LogP contribution in [-0.2, 0) is 11.2 Å². The predicted octanol–water partition coefficient (Wildman–Crippen LogP) is 6.10. The summed E-state index contributed by atoms with van der Waals surface area (Å²) in [6.45, 7) is 11.5. The van der Waals surface area contributed by atoms with E-state index in [-0.39, 0.29) is 11.2 Å². The van der Waals surface area contributed by atoms with Crippen LogP contribution < -0.4 is 9.47 Å². The molecular weight excluding hydrogens is 324 g/mol. The van der Waals surface area contributed by atoms with Gasteiger partial charge in [-0.15, -0.1) is 0 Å². The summed E-state index contributed by atoms with van der Waals surface area (Å²) < 4.78 is 17.6. The molecule has 0 saturated heterocycles. The first kappa shape index (κ1) is 20.8. The number of methoxy groups -OCH3 is 1. The van der Waals surface area contributed by atoms with Crippen LogP contribution in [0.5, 0.6) is 11.5 Å². The largest absolute Gasteiger partial charge is 0.489 e. The van der Waals surface area contributed by atoms with E-state index in [1.165, 1.54) is 11.1 Å². The highest BCUT2D eigenvalue weighted by atomic mass is 16.5. The maximum Gasteiger partial charge on any atom is 0.127 e. The van der Waals surface area contributed by atoms with Crippen molar-refractivity contribution in [2.75, 3.05) is 13.7 Å². The minimum absolute atomic E-state index is 0.0506. The summed E-state index contributed by atoms with van der Waals surface area (Å²) in [5.41, 5.74) is 2.59. The Hall–Kier alpha value is -1.48. The van der Waals surface area contributed by atoms with Crippen LogP contribution in [0.4, 0.5) is 0 Å². The van der Waals surface area contributed by atoms with Crippen LogP contribution in [0, 0.1) is 0 Å². The molecular formula is C23H36O3. The molecule has 0 aliphatic carbocycles. The molecule has 1 heterocycles. The van der Waals surface area contributed by atoms with Crippen molar-refractivity contribution in [3.05, 3.63) is 35.4 Å². The summed E-state index contributed by atoms with van der Waals surface area (Å²) in [4.78, 5) is 0. The fourth-order valence-electron chi connectivity index (χ4n) is 3.72. The molecule has 1 aromatic rings. The molecule has 146 valence electrons. The molecule has 1 aromatic carbocycles. The van der Waals surface area contributed by atoms with Gasteiger partial charge in [0.05, 0.1) is 5.60 Å². The van der Waals surface area contributed by atoms with Crippen molar-refractivity contribution in [1.29, 1.82) is 0 Å². The number of allylic oxidation sites excluding steroid dienone is 1. The number of ether oxygens (including phenoxy) is 3. The average molecular weight is 361 g/mol. The summed E-state index contributed by atoms with van der Waals surface area (Å²) in [6, 6.07) is 6.18. The molecule has 3 heteroatoms. The van der Waals surface area contributed by atoms with E-state index in [1.807, 2.05) is 19.2 Å². The Morgan fingerprint density at radius 3 is 2.65 bits per heavy atom. The van der Waals surface area contributed by atoms with Crippen LogP contribution >= 0.6 is 0 Å². The molecule has 0 saturated carbocycles. The van der Waals surface area contributed by atoms with E-state index in [0.29, 0.717) is 6.61 Å². The normalized spacial score (nSPS) is 16.3. The highest BCUT2D eigenvalue weighted by Crippen LogP contribution is 2.37. The second kappa shape index (κ2) is 8.94. The number of benzene rings is 1.